The largest absolute Gasteiger partial charge is 0.326 e. The molecule has 6 nitrogen and oxygen atoms in total. The van der Waals surface area contributed by atoms with E-state index in [1.807, 2.05) is 20.8 Å². The lowest BCUT2D eigenvalue weighted by atomic mass is 9.93. The zero-order valence-electron chi connectivity index (χ0n) is 16.2. The number of hydrogen-bond acceptors (Lipinski definition) is 4. The van der Waals surface area contributed by atoms with Crippen LogP contribution >= 0.6 is 0 Å². The molecular weight excluding hydrogens is 350 g/mol. The van der Waals surface area contributed by atoms with Crippen molar-refractivity contribution in [2.45, 2.75) is 57.4 Å². The molecule has 0 saturated carbocycles. The van der Waals surface area contributed by atoms with Crippen molar-refractivity contribution in [1.29, 1.82) is 0 Å². The maximum absolute atomic E-state index is 12.7. The molecule has 1 saturated heterocycles. The summed E-state index contributed by atoms with van der Waals surface area (Å²) in [6.07, 6.45) is 3.57. The minimum absolute atomic E-state index is 0.0570. The van der Waals surface area contributed by atoms with E-state index in [-0.39, 0.29) is 16.8 Å². The Kier molecular flexibility index (Phi) is 7.20. The topological polar surface area (TPSA) is 78.5 Å². The van der Waals surface area contributed by atoms with E-state index in [0.29, 0.717) is 18.0 Å². The number of anilines is 1. The summed E-state index contributed by atoms with van der Waals surface area (Å²) < 4.78 is 26.7. The van der Waals surface area contributed by atoms with Gasteiger partial charge in [-0.2, -0.15) is 4.31 Å². The Morgan fingerprint density at radius 2 is 1.96 bits per heavy atom. The first-order valence-corrected chi connectivity index (χ1v) is 10.7. The lowest BCUT2D eigenvalue weighted by molar-refractivity contribution is -0.116. The van der Waals surface area contributed by atoms with Gasteiger partial charge >= 0.3 is 0 Å². The van der Waals surface area contributed by atoms with E-state index in [1.165, 1.54) is 4.31 Å². The first-order valence-electron chi connectivity index (χ1n) is 9.31. The molecule has 2 rings (SSSR count). The van der Waals surface area contributed by atoms with Crippen LogP contribution in [0.2, 0.25) is 0 Å². The summed E-state index contributed by atoms with van der Waals surface area (Å²) >= 11 is 0. The van der Waals surface area contributed by atoms with Crippen molar-refractivity contribution in [2.75, 3.05) is 25.5 Å². The smallest absolute Gasteiger partial charge is 0.243 e. The van der Waals surface area contributed by atoms with Crippen LogP contribution in [-0.2, 0) is 14.8 Å². The van der Waals surface area contributed by atoms with Crippen molar-refractivity contribution in [3.8, 4) is 0 Å². The molecule has 0 atom stereocenters. The quantitative estimate of drug-likeness (QED) is 0.761. The second kappa shape index (κ2) is 8.97. The first kappa shape index (κ1) is 20.9. The molecule has 0 bridgehead atoms. The molecule has 0 unspecified atom stereocenters. The number of rotatable bonds is 7. The minimum Gasteiger partial charge on any atom is -0.326 e. The zero-order chi connectivity index (χ0) is 19.3. The molecule has 7 heteroatoms. The van der Waals surface area contributed by atoms with E-state index in [4.69, 9.17) is 0 Å². The Labute approximate surface area is 157 Å². The summed E-state index contributed by atoms with van der Waals surface area (Å²) in [6, 6.07) is 4.76. The van der Waals surface area contributed by atoms with Crippen LogP contribution in [0.4, 0.5) is 5.69 Å². The summed E-state index contributed by atoms with van der Waals surface area (Å²) in [7, 11) is -2.00. The molecule has 2 N–H and O–H groups in total. The maximum Gasteiger partial charge on any atom is 0.243 e. The highest BCUT2D eigenvalue weighted by atomic mass is 32.2. The fraction of sp³-hybridized carbons (Fsp3) is 0.632. The van der Waals surface area contributed by atoms with Crippen molar-refractivity contribution in [3.05, 3.63) is 23.8 Å². The van der Waals surface area contributed by atoms with Crippen LogP contribution in [-0.4, -0.2) is 44.8 Å². The molecule has 1 heterocycles. The van der Waals surface area contributed by atoms with Gasteiger partial charge in [0, 0.05) is 25.2 Å². The summed E-state index contributed by atoms with van der Waals surface area (Å²) in [5.74, 6) is 0.535. The number of piperidine rings is 1. The van der Waals surface area contributed by atoms with Gasteiger partial charge in [-0.1, -0.05) is 6.07 Å². The molecule has 0 radical (unpaired) electrons. The average Bonchev–Trinajstić information content (AvgIpc) is 2.61. The molecule has 0 aliphatic carbocycles. The molecule has 0 aromatic heterocycles. The Morgan fingerprint density at radius 3 is 2.58 bits per heavy atom. The maximum atomic E-state index is 12.7. The zero-order valence-corrected chi connectivity index (χ0v) is 17.0. The number of carbonyl (C=O) groups excluding carboxylic acids is 1. The molecule has 26 heavy (non-hydrogen) atoms. The van der Waals surface area contributed by atoms with Crippen molar-refractivity contribution in [2.24, 2.45) is 5.92 Å². The van der Waals surface area contributed by atoms with Crippen LogP contribution in [0.15, 0.2) is 23.1 Å². The molecule has 1 amide bonds. The van der Waals surface area contributed by atoms with Crippen molar-refractivity contribution < 1.29 is 13.2 Å². The molecule has 146 valence electrons. The Bertz CT molecular complexity index is 726. The SMILES string of the molecule is Cc1ccc(S(=O)(=O)N(C)C(C)C)cc1NC(=O)CCC1CCNCC1. The van der Waals surface area contributed by atoms with Gasteiger partial charge in [0.15, 0.2) is 0 Å². The third kappa shape index (κ3) is 5.28. The number of sulfonamides is 1. The van der Waals surface area contributed by atoms with Gasteiger partial charge in [0.2, 0.25) is 15.9 Å². The van der Waals surface area contributed by atoms with E-state index in [1.54, 1.807) is 25.2 Å². The summed E-state index contributed by atoms with van der Waals surface area (Å²) in [4.78, 5) is 12.5. The average molecular weight is 382 g/mol. The second-order valence-electron chi connectivity index (χ2n) is 7.37. The number of nitrogens with zero attached hydrogens (tertiary/aromatic N) is 1. The van der Waals surface area contributed by atoms with E-state index >= 15 is 0 Å². The normalized spacial score (nSPS) is 16.2. The van der Waals surface area contributed by atoms with Crippen LogP contribution in [0.3, 0.4) is 0 Å². The van der Waals surface area contributed by atoms with Gasteiger partial charge in [-0.3, -0.25) is 4.79 Å². The highest BCUT2D eigenvalue weighted by Gasteiger charge is 2.24. The van der Waals surface area contributed by atoms with Crippen molar-refractivity contribution in [1.82, 2.24) is 9.62 Å². The fourth-order valence-corrected chi connectivity index (χ4v) is 4.45. The van der Waals surface area contributed by atoms with Crippen LogP contribution in [0.25, 0.3) is 0 Å². The third-order valence-corrected chi connectivity index (χ3v) is 7.16. The standard InChI is InChI=1S/C19H31N3O3S/c1-14(2)22(4)26(24,25)17-7-5-15(3)18(13-17)21-19(23)8-6-16-9-11-20-12-10-16/h5,7,13-14,16,20H,6,8-12H2,1-4H3,(H,21,23). The van der Waals surface area contributed by atoms with Crippen LogP contribution in [0.5, 0.6) is 0 Å². The number of carbonyl (C=O) groups is 1. The molecule has 1 fully saturated rings. The minimum atomic E-state index is -3.57. The predicted octanol–water partition coefficient (Wildman–Crippen LogP) is 2.74. The summed E-state index contributed by atoms with van der Waals surface area (Å²) in [5, 5.41) is 6.22. The number of hydrogen-bond donors (Lipinski definition) is 2. The fourth-order valence-electron chi connectivity index (χ4n) is 3.06. The number of amides is 1. The van der Waals surface area contributed by atoms with Gasteiger partial charge in [-0.25, -0.2) is 8.42 Å². The highest BCUT2D eigenvalue weighted by Crippen LogP contribution is 2.24. The van der Waals surface area contributed by atoms with Crippen LogP contribution < -0.4 is 10.6 Å². The van der Waals surface area contributed by atoms with E-state index in [9.17, 15) is 13.2 Å². The molecule has 0 spiro atoms. The number of aryl methyl sites for hydroxylation is 1. The third-order valence-electron chi connectivity index (χ3n) is 5.13. The van der Waals surface area contributed by atoms with Gasteiger partial charge in [0.05, 0.1) is 4.90 Å². The molecule has 1 aliphatic heterocycles. The van der Waals surface area contributed by atoms with Crippen molar-refractivity contribution >= 4 is 21.6 Å². The van der Waals surface area contributed by atoms with E-state index in [2.05, 4.69) is 10.6 Å². The molecule has 1 aromatic rings. The van der Waals surface area contributed by atoms with E-state index in [0.717, 1.165) is 37.9 Å². The van der Waals surface area contributed by atoms with Gasteiger partial charge in [0.1, 0.15) is 0 Å². The second-order valence-corrected chi connectivity index (χ2v) is 9.37. The highest BCUT2D eigenvalue weighted by molar-refractivity contribution is 7.89. The Morgan fingerprint density at radius 1 is 1.31 bits per heavy atom. The molecule has 1 aromatic carbocycles. The number of nitrogens with one attached hydrogen (secondary N) is 2. The lowest BCUT2D eigenvalue weighted by Gasteiger charge is -2.22. The number of benzene rings is 1. The Balaban J connectivity index is 2.06. The Hall–Kier alpha value is -1.44. The van der Waals surface area contributed by atoms with Crippen LogP contribution in [0, 0.1) is 12.8 Å². The lowest BCUT2D eigenvalue weighted by Crippen LogP contribution is -2.33. The van der Waals surface area contributed by atoms with E-state index < -0.39 is 10.0 Å². The van der Waals surface area contributed by atoms with Gasteiger partial charge in [-0.05, 0) is 76.7 Å². The van der Waals surface area contributed by atoms with Gasteiger partial charge < -0.3 is 10.6 Å². The summed E-state index contributed by atoms with van der Waals surface area (Å²) in [5.41, 5.74) is 1.42. The monoisotopic (exact) mass is 381 g/mol. The molecule has 1 aliphatic rings. The summed E-state index contributed by atoms with van der Waals surface area (Å²) in [6.45, 7) is 7.57. The van der Waals surface area contributed by atoms with Gasteiger partial charge in [-0.15, -0.1) is 0 Å². The van der Waals surface area contributed by atoms with Crippen molar-refractivity contribution in [3.63, 3.8) is 0 Å². The van der Waals surface area contributed by atoms with Gasteiger partial charge in [0.25, 0.3) is 0 Å². The predicted molar refractivity (Wildman–Crippen MR) is 105 cm³/mol. The first-order chi connectivity index (χ1) is 12.2. The van der Waals surface area contributed by atoms with Crippen LogP contribution in [0.1, 0.15) is 45.1 Å². The molecular formula is C19H31N3O3S.